The molecule has 2 unspecified atom stereocenters. The van der Waals surface area contributed by atoms with Crippen LogP contribution in [0.25, 0.3) is 0 Å². The highest BCUT2D eigenvalue weighted by atomic mass is 16.6. The lowest BCUT2D eigenvalue weighted by molar-refractivity contribution is -0.549. The Morgan fingerprint density at radius 2 is 1.76 bits per heavy atom. The molecule has 0 aliphatic heterocycles. The lowest BCUT2D eigenvalue weighted by atomic mass is 10.1. The molecule has 0 saturated heterocycles. The quantitative estimate of drug-likeness (QED) is 0.502. The van der Waals surface area contributed by atoms with Crippen molar-refractivity contribution in [3.63, 3.8) is 0 Å². The monoisotopic (exact) mass is 356 g/mol. The predicted molar refractivity (Wildman–Crippen MR) is 80.5 cm³/mol. The SMILES string of the molecule is CC(CC(C(=O)Nc1cccc([N+](=O)[O-])c1C(=O)O)[N+](=O)[O-])[N+](=O)[O-]. The molecule has 0 aliphatic carbocycles. The number of carbonyl (C=O) groups is 2. The molecule has 1 rings (SSSR count). The van der Waals surface area contributed by atoms with E-state index in [0.717, 1.165) is 25.1 Å². The van der Waals surface area contributed by atoms with Crippen molar-refractivity contribution in [1.29, 1.82) is 0 Å². The minimum absolute atomic E-state index is 0.521. The number of amides is 1. The summed E-state index contributed by atoms with van der Waals surface area (Å²) in [6, 6.07) is -0.436. The van der Waals surface area contributed by atoms with Crippen LogP contribution in [0.3, 0.4) is 0 Å². The molecule has 1 aromatic carbocycles. The van der Waals surface area contributed by atoms with Gasteiger partial charge >= 0.3 is 5.97 Å². The first kappa shape index (κ1) is 19.4. The molecule has 0 saturated carbocycles. The van der Waals surface area contributed by atoms with E-state index in [4.69, 9.17) is 5.11 Å². The summed E-state index contributed by atoms with van der Waals surface area (Å²) in [5.74, 6) is -3.04. The zero-order valence-corrected chi connectivity index (χ0v) is 12.6. The molecule has 134 valence electrons. The first-order valence-corrected chi connectivity index (χ1v) is 6.64. The van der Waals surface area contributed by atoms with E-state index in [1.165, 1.54) is 0 Å². The third-order valence-electron chi connectivity index (χ3n) is 3.19. The molecule has 0 aliphatic rings. The molecular formula is C12H12N4O9. The number of anilines is 1. The van der Waals surface area contributed by atoms with E-state index in [2.05, 4.69) is 0 Å². The number of hydrogen-bond donors (Lipinski definition) is 2. The number of benzene rings is 1. The fourth-order valence-electron chi connectivity index (χ4n) is 1.94. The Labute approximate surface area is 138 Å². The van der Waals surface area contributed by atoms with Crippen LogP contribution in [0.2, 0.25) is 0 Å². The second-order valence-corrected chi connectivity index (χ2v) is 4.92. The van der Waals surface area contributed by atoms with Crippen LogP contribution in [-0.4, -0.2) is 43.8 Å². The molecule has 1 aromatic rings. The maximum atomic E-state index is 12.0. The van der Waals surface area contributed by atoms with E-state index in [1.54, 1.807) is 0 Å². The van der Waals surface area contributed by atoms with Crippen molar-refractivity contribution in [3.05, 3.63) is 54.1 Å². The number of carbonyl (C=O) groups excluding carboxylic acids is 1. The Kier molecular flexibility index (Phi) is 6.02. The van der Waals surface area contributed by atoms with Crippen LogP contribution in [0.15, 0.2) is 18.2 Å². The Balaban J connectivity index is 3.19. The third kappa shape index (κ3) is 4.66. The van der Waals surface area contributed by atoms with E-state index in [-0.39, 0.29) is 0 Å². The zero-order valence-electron chi connectivity index (χ0n) is 12.6. The summed E-state index contributed by atoms with van der Waals surface area (Å²) >= 11 is 0. The number of nitrogens with one attached hydrogen (secondary N) is 1. The molecule has 13 heteroatoms. The molecule has 2 N–H and O–H groups in total. The second-order valence-electron chi connectivity index (χ2n) is 4.92. The zero-order chi connectivity index (χ0) is 19.3. The molecule has 0 radical (unpaired) electrons. The number of hydrogen-bond acceptors (Lipinski definition) is 8. The van der Waals surface area contributed by atoms with Crippen LogP contribution in [0.5, 0.6) is 0 Å². The standard InChI is InChI=1S/C12H12N4O9/c1-6(14(20)21)5-9(16(24)25)11(17)13-7-3-2-4-8(15(22)23)10(7)12(18)19/h2-4,6,9H,5H2,1H3,(H,13,17)(H,18,19). The number of aromatic carboxylic acids is 1. The van der Waals surface area contributed by atoms with E-state index in [9.17, 15) is 39.9 Å². The number of rotatable bonds is 8. The molecule has 0 bridgehead atoms. The Hall–Kier alpha value is -3.64. The fourth-order valence-corrected chi connectivity index (χ4v) is 1.94. The highest BCUT2D eigenvalue weighted by Crippen LogP contribution is 2.26. The van der Waals surface area contributed by atoms with Crippen molar-refractivity contribution < 1.29 is 29.5 Å². The number of nitrogens with zero attached hydrogens (tertiary/aromatic N) is 3. The summed E-state index contributed by atoms with van der Waals surface area (Å²) in [5.41, 5.74) is -2.20. The predicted octanol–water partition coefficient (Wildman–Crippen LogP) is 0.932. The van der Waals surface area contributed by atoms with E-state index in [1.807, 2.05) is 5.32 Å². The number of carboxylic acids is 1. The van der Waals surface area contributed by atoms with Crippen molar-refractivity contribution in [2.24, 2.45) is 0 Å². The van der Waals surface area contributed by atoms with Gasteiger partial charge in [0.15, 0.2) is 5.56 Å². The van der Waals surface area contributed by atoms with E-state index >= 15 is 0 Å². The summed E-state index contributed by atoms with van der Waals surface area (Å²) in [6.45, 7) is 1.07. The summed E-state index contributed by atoms with van der Waals surface area (Å²) in [5, 5.41) is 43.5. The number of nitro benzene ring substituents is 1. The van der Waals surface area contributed by atoms with Gasteiger partial charge in [0.05, 0.1) is 17.0 Å². The summed E-state index contributed by atoms with van der Waals surface area (Å²) < 4.78 is 0. The Morgan fingerprint density at radius 1 is 1.16 bits per heavy atom. The highest BCUT2D eigenvalue weighted by Gasteiger charge is 2.36. The van der Waals surface area contributed by atoms with E-state index in [0.29, 0.717) is 0 Å². The molecule has 0 aromatic heterocycles. The van der Waals surface area contributed by atoms with Crippen LogP contribution in [0.4, 0.5) is 11.4 Å². The average Bonchev–Trinajstić information content (AvgIpc) is 2.50. The van der Waals surface area contributed by atoms with Gasteiger partial charge in [-0.05, 0) is 6.07 Å². The molecule has 0 fully saturated rings. The molecule has 0 spiro atoms. The highest BCUT2D eigenvalue weighted by molar-refractivity contribution is 6.04. The lowest BCUT2D eigenvalue weighted by Gasteiger charge is -2.12. The molecular weight excluding hydrogens is 344 g/mol. The second kappa shape index (κ2) is 7.76. The maximum Gasteiger partial charge on any atom is 0.344 e. The lowest BCUT2D eigenvalue weighted by Crippen LogP contribution is -2.39. The third-order valence-corrected chi connectivity index (χ3v) is 3.19. The summed E-state index contributed by atoms with van der Waals surface area (Å²) in [7, 11) is 0. The Morgan fingerprint density at radius 3 is 2.20 bits per heavy atom. The molecule has 0 heterocycles. The van der Waals surface area contributed by atoms with Gasteiger partial charge in [-0.3, -0.25) is 35.1 Å². The van der Waals surface area contributed by atoms with Gasteiger partial charge in [-0.1, -0.05) is 6.07 Å². The van der Waals surface area contributed by atoms with Gasteiger partial charge in [0, 0.05) is 22.8 Å². The minimum Gasteiger partial charge on any atom is -0.477 e. The van der Waals surface area contributed by atoms with Gasteiger partial charge < -0.3 is 10.4 Å². The van der Waals surface area contributed by atoms with Crippen molar-refractivity contribution >= 4 is 23.3 Å². The summed E-state index contributed by atoms with van der Waals surface area (Å²) in [6.07, 6.45) is -0.733. The van der Waals surface area contributed by atoms with Gasteiger partial charge in [-0.15, -0.1) is 0 Å². The largest absolute Gasteiger partial charge is 0.477 e. The van der Waals surface area contributed by atoms with Gasteiger partial charge in [-0.25, -0.2) is 4.79 Å². The van der Waals surface area contributed by atoms with Crippen molar-refractivity contribution in [2.75, 3.05) is 5.32 Å². The molecule has 2 atom stereocenters. The smallest absolute Gasteiger partial charge is 0.344 e. The van der Waals surface area contributed by atoms with Gasteiger partial charge in [-0.2, -0.15) is 0 Å². The maximum absolute atomic E-state index is 12.0. The fraction of sp³-hybridized carbons (Fsp3) is 0.333. The number of nitro groups is 3. The van der Waals surface area contributed by atoms with Gasteiger partial charge in [0.1, 0.15) is 0 Å². The first-order valence-electron chi connectivity index (χ1n) is 6.64. The average molecular weight is 356 g/mol. The molecule has 25 heavy (non-hydrogen) atoms. The normalized spacial score (nSPS) is 12.7. The minimum atomic E-state index is -2.03. The topological polar surface area (TPSA) is 196 Å². The van der Waals surface area contributed by atoms with Crippen LogP contribution in [0, 0.1) is 30.3 Å². The first-order chi connectivity index (χ1) is 11.6. The van der Waals surface area contributed by atoms with Crippen molar-refractivity contribution in [2.45, 2.75) is 25.4 Å². The van der Waals surface area contributed by atoms with Crippen molar-refractivity contribution in [1.82, 2.24) is 0 Å². The van der Waals surface area contributed by atoms with Gasteiger partial charge in [0.25, 0.3) is 17.6 Å². The van der Waals surface area contributed by atoms with Crippen LogP contribution in [-0.2, 0) is 4.79 Å². The van der Waals surface area contributed by atoms with Crippen LogP contribution < -0.4 is 5.32 Å². The van der Waals surface area contributed by atoms with Crippen molar-refractivity contribution in [3.8, 4) is 0 Å². The Bertz CT molecular complexity index is 748. The van der Waals surface area contributed by atoms with Crippen LogP contribution >= 0.6 is 0 Å². The van der Waals surface area contributed by atoms with Gasteiger partial charge in [0.2, 0.25) is 6.04 Å². The van der Waals surface area contributed by atoms with E-state index < -0.39 is 62.1 Å². The summed E-state index contributed by atoms with van der Waals surface area (Å²) in [4.78, 5) is 52.9. The molecule has 13 nitrogen and oxygen atoms in total. The van der Waals surface area contributed by atoms with Crippen LogP contribution in [0.1, 0.15) is 23.7 Å². The molecule has 1 amide bonds. The number of carboxylic acid groups (broad SMARTS) is 1.